The molecular weight excluding hydrogens is 944 g/mol. The summed E-state index contributed by atoms with van der Waals surface area (Å²) in [6.07, 6.45) is -4.62. The smallest absolute Gasteiger partial charge is 0.309 e. The highest BCUT2D eigenvalue weighted by atomic mass is 19.4. The van der Waals surface area contributed by atoms with Crippen LogP contribution in [0.15, 0.2) is 218 Å². The molecule has 0 spiro atoms. The van der Waals surface area contributed by atoms with Crippen molar-refractivity contribution in [2.75, 3.05) is 0 Å². The molecule has 0 saturated carbocycles. The Kier molecular flexibility index (Phi) is 11.1. The maximum absolute atomic E-state index is 15.2. The Hall–Kier alpha value is -9.40. The zero-order chi connectivity index (χ0) is 51.8. The number of alkyl halides is 3. The molecule has 366 valence electrons. The van der Waals surface area contributed by atoms with Gasteiger partial charge in [0, 0.05) is 49.4 Å². The first kappa shape index (κ1) is 46.4. The molecule has 3 heterocycles. The molecule has 0 aliphatic heterocycles. The van der Waals surface area contributed by atoms with Crippen molar-refractivity contribution in [3.05, 3.63) is 246 Å². The Balaban J connectivity index is 1.11. The number of para-hydroxylation sites is 2. The maximum atomic E-state index is 15.2. The summed E-state index contributed by atoms with van der Waals surface area (Å²) < 4.78 is 50.0. The Morgan fingerprint density at radius 3 is 1.18 bits per heavy atom. The number of fused-ring (bicyclic) bond motifs is 6. The minimum absolute atomic E-state index is 0.394. The van der Waals surface area contributed by atoms with Crippen LogP contribution < -0.4 is 0 Å². The lowest BCUT2D eigenvalue weighted by atomic mass is 9.96. The van der Waals surface area contributed by atoms with Crippen molar-refractivity contribution in [3.8, 4) is 78.9 Å². The van der Waals surface area contributed by atoms with E-state index in [2.05, 4.69) is 129 Å². The summed E-state index contributed by atoms with van der Waals surface area (Å²) >= 11 is 0. The van der Waals surface area contributed by atoms with Gasteiger partial charge in [0.25, 0.3) is 0 Å². The summed E-state index contributed by atoms with van der Waals surface area (Å²) in [6, 6.07) is 72.1. The third-order valence-electron chi connectivity index (χ3n) is 14.8. The van der Waals surface area contributed by atoms with Gasteiger partial charge in [0.2, 0.25) is 0 Å². The first-order chi connectivity index (χ1) is 36.9. The number of nitrogens with zero attached hydrogens (tertiary/aromatic N) is 5. The van der Waals surface area contributed by atoms with Crippen LogP contribution in [0, 0.1) is 27.7 Å². The molecule has 0 aliphatic rings. The molecule has 0 amide bonds. The van der Waals surface area contributed by atoms with Crippen molar-refractivity contribution in [1.82, 2.24) is 24.1 Å². The average Bonchev–Trinajstić information content (AvgIpc) is 4.09. The van der Waals surface area contributed by atoms with E-state index in [9.17, 15) is 0 Å². The predicted octanol–water partition coefficient (Wildman–Crippen LogP) is 18.3. The number of aryl methyl sites for hydroxylation is 4. The highest BCUT2D eigenvalue weighted by Gasteiger charge is 2.33. The molecule has 0 radical (unpaired) electrons. The molecule has 8 heteroatoms. The van der Waals surface area contributed by atoms with Gasteiger partial charge < -0.3 is 9.13 Å². The van der Waals surface area contributed by atoms with Gasteiger partial charge in [0.15, 0.2) is 17.5 Å². The van der Waals surface area contributed by atoms with E-state index >= 15 is 13.2 Å². The topological polar surface area (TPSA) is 48.5 Å². The van der Waals surface area contributed by atoms with Crippen molar-refractivity contribution in [2.24, 2.45) is 0 Å². The second kappa shape index (κ2) is 18.2. The van der Waals surface area contributed by atoms with E-state index < -0.39 is 11.7 Å². The summed E-state index contributed by atoms with van der Waals surface area (Å²) in [5.41, 5.74) is 16.6. The second-order valence-electron chi connectivity index (χ2n) is 19.8. The monoisotopic (exact) mass is 991 g/mol. The molecule has 10 aromatic carbocycles. The summed E-state index contributed by atoms with van der Waals surface area (Å²) in [5.74, 6) is 1.49. The van der Waals surface area contributed by atoms with Crippen molar-refractivity contribution in [3.63, 3.8) is 0 Å². The van der Waals surface area contributed by atoms with E-state index in [1.54, 1.807) is 6.07 Å². The molecule has 0 saturated heterocycles. The number of halogens is 3. The number of rotatable bonds is 8. The Morgan fingerprint density at radius 2 is 0.711 bits per heavy atom. The van der Waals surface area contributed by atoms with Gasteiger partial charge in [-0.25, -0.2) is 15.0 Å². The molecule has 0 aliphatic carbocycles. The lowest BCUT2D eigenvalue weighted by molar-refractivity contribution is -0.137. The fourth-order valence-electron chi connectivity index (χ4n) is 11.2. The van der Waals surface area contributed by atoms with Gasteiger partial charge in [-0.3, -0.25) is 0 Å². The molecular formula is C68H48F3N5. The van der Waals surface area contributed by atoms with E-state index in [1.165, 1.54) is 28.8 Å². The molecule has 3 aromatic heterocycles. The molecule has 5 nitrogen and oxygen atoms in total. The summed E-state index contributed by atoms with van der Waals surface area (Å²) in [4.78, 5) is 15.3. The summed E-state index contributed by atoms with van der Waals surface area (Å²) in [7, 11) is 0. The Bertz CT molecular complexity index is 4380. The lowest BCUT2D eigenvalue weighted by Crippen LogP contribution is -2.08. The van der Waals surface area contributed by atoms with Crippen LogP contribution >= 0.6 is 0 Å². The average molecular weight is 992 g/mol. The van der Waals surface area contributed by atoms with Crippen molar-refractivity contribution in [1.29, 1.82) is 0 Å². The largest absolute Gasteiger partial charge is 0.416 e. The molecule has 0 fully saturated rings. The minimum atomic E-state index is -4.62. The van der Waals surface area contributed by atoms with Gasteiger partial charge in [0.1, 0.15) is 0 Å². The first-order valence-corrected chi connectivity index (χ1v) is 25.4. The molecule has 0 N–H and O–H groups in total. The van der Waals surface area contributed by atoms with E-state index in [4.69, 9.17) is 15.0 Å². The third-order valence-corrected chi connectivity index (χ3v) is 14.8. The van der Waals surface area contributed by atoms with E-state index in [1.807, 2.05) is 108 Å². The standard InChI is InChI=1S/C68H48F3N5/c1-41-23-29-51(43(3)35-41)47-26-33-61-57(37-47)53-19-11-13-21-59(53)75(61)63-39-49(67-73-65(45-15-7-5-8-16-45)72-66(74-67)46-17-9-6-10-18-46)25-31-55(63)56-32-28-50(68(69,70)71)40-64(56)76-60-22-14-12-20-54(60)58-38-48(27-34-62(58)76)52-30-24-42(2)36-44(52)4/h5-40H,1-4H3. The van der Waals surface area contributed by atoms with Crippen LogP contribution in [-0.4, -0.2) is 24.1 Å². The quantitative estimate of drug-likeness (QED) is 0.152. The zero-order valence-corrected chi connectivity index (χ0v) is 42.2. The molecule has 0 unspecified atom stereocenters. The summed E-state index contributed by atoms with van der Waals surface area (Å²) in [5, 5.41) is 3.95. The first-order valence-electron chi connectivity index (χ1n) is 25.4. The van der Waals surface area contributed by atoms with Gasteiger partial charge in [-0.05, 0) is 116 Å². The van der Waals surface area contributed by atoms with E-state index in [0.717, 1.165) is 88.2 Å². The highest BCUT2D eigenvalue weighted by molar-refractivity contribution is 6.13. The SMILES string of the molecule is Cc1ccc(-c2ccc3c(c2)c2ccccc2n3-c2cc(-c3nc(-c4ccccc4)nc(-c4ccccc4)n3)ccc2-c2ccc(C(F)(F)F)cc2-n2c3ccccc3c3cc(-c4ccc(C)cc4C)ccc32)c(C)c1. The van der Waals surface area contributed by atoms with Crippen LogP contribution in [0.5, 0.6) is 0 Å². The van der Waals surface area contributed by atoms with Gasteiger partial charge in [-0.1, -0.05) is 175 Å². The van der Waals surface area contributed by atoms with Crippen LogP contribution in [0.25, 0.3) is 123 Å². The Labute approximate surface area is 437 Å². The zero-order valence-electron chi connectivity index (χ0n) is 42.2. The molecule has 76 heavy (non-hydrogen) atoms. The third kappa shape index (κ3) is 8.01. The van der Waals surface area contributed by atoms with E-state index in [0.29, 0.717) is 39.9 Å². The lowest BCUT2D eigenvalue weighted by Gasteiger charge is -2.21. The van der Waals surface area contributed by atoms with Crippen LogP contribution in [0.2, 0.25) is 0 Å². The molecule has 0 bridgehead atoms. The second-order valence-corrected chi connectivity index (χ2v) is 19.8. The highest BCUT2D eigenvalue weighted by Crippen LogP contribution is 2.45. The van der Waals surface area contributed by atoms with Crippen molar-refractivity contribution < 1.29 is 13.2 Å². The van der Waals surface area contributed by atoms with Gasteiger partial charge in [-0.15, -0.1) is 0 Å². The number of benzene rings is 10. The fourth-order valence-corrected chi connectivity index (χ4v) is 11.2. The minimum Gasteiger partial charge on any atom is -0.309 e. The van der Waals surface area contributed by atoms with Gasteiger partial charge >= 0.3 is 6.18 Å². The Morgan fingerprint density at radius 1 is 0.316 bits per heavy atom. The number of aromatic nitrogens is 5. The molecule has 13 rings (SSSR count). The normalized spacial score (nSPS) is 11.9. The number of hydrogen-bond donors (Lipinski definition) is 0. The molecule has 0 atom stereocenters. The maximum Gasteiger partial charge on any atom is 0.416 e. The summed E-state index contributed by atoms with van der Waals surface area (Å²) in [6.45, 7) is 8.44. The van der Waals surface area contributed by atoms with Crippen molar-refractivity contribution >= 4 is 43.6 Å². The van der Waals surface area contributed by atoms with Gasteiger partial charge in [-0.2, -0.15) is 13.2 Å². The molecule has 13 aromatic rings. The van der Waals surface area contributed by atoms with Crippen LogP contribution in [-0.2, 0) is 6.18 Å². The predicted molar refractivity (Wildman–Crippen MR) is 305 cm³/mol. The van der Waals surface area contributed by atoms with Crippen LogP contribution in [0.1, 0.15) is 27.8 Å². The van der Waals surface area contributed by atoms with Crippen LogP contribution in [0.4, 0.5) is 13.2 Å². The number of hydrogen-bond acceptors (Lipinski definition) is 3. The van der Waals surface area contributed by atoms with Gasteiger partial charge in [0.05, 0.1) is 39.0 Å². The van der Waals surface area contributed by atoms with E-state index in [-0.39, 0.29) is 0 Å². The van der Waals surface area contributed by atoms with Crippen LogP contribution in [0.3, 0.4) is 0 Å². The fraction of sp³-hybridized carbons (Fsp3) is 0.0735. The van der Waals surface area contributed by atoms with Crippen molar-refractivity contribution in [2.45, 2.75) is 33.9 Å².